The monoisotopic (exact) mass is 396 g/mol. The summed E-state index contributed by atoms with van der Waals surface area (Å²) in [7, 11) is 0. The van der Waals surface area contributed by atoms with Crippen LogP contribution in [-0.4, -0.2) is 54.0 Å². The van der Waals surface area contributed by atoms with Gasteiger partial charge in [0.05, 0.1) is 0 Å². The number of rotatable bonds is 5. The van der Waals surface area contributed by atoms with E-state index in [4.69, 9.17) is 23.7 Å². The van der Waals surface area contributed by atoms with E-state index < -0.39 is 54.0 Å². The van der Waals surface area contributed by atoms with Gasteiger partial charge >= 0.3 is 17.9 Å². The Hall–Kier alpha value is -2.10. The highest BCUT2D eigenvalue weighted by Crippen LogP contribution is 2.43. The van der Waals surface area contributed by atoms with Gasteiger partial charge in [0.15, 0.2) is 18.3 Å². The van der Waals surface area contributed by atoms with Gasteiger partial charge in [0.1, 0.15) is 11.5 Å². The Morgan fingerprint density at radius 3 is 1.96 bits per heavy atom. The third kappa shape index (κ3) is 4.60. The van der Waals surface area contributed by atoms with Gasteiger partial charge in [-0.3, -0.25) is 14.4 Å². The molecular weight excluding hydrogens is 376 g/mol. The van der Waals surface area contributed by atoms with E-state index >= 15 is 0 Å². The van der Waals surface area contributed by atoms with Crippen molar-refractivity contribution >= 4 is 29.7 Å². The minimum absolute atomic E-state index is 0.541. The fraction of sp³-hybridized carbons (Fsp3) is 0.500. The molecule has 2 saturated heterocycles. The molecule has 8 nitrogen and oxygen atoms in total. The summed E-state index contributed by atoms with van der Waals surface area (Å²) in [5.74, 6) is -1.76. The number of ether oxygens (including phenoxy) is 5. The van der Waals surface area contributed by atoms with Crippen molar-refractivity contribution in [3.63, 3.8) is 0 Å². The van der Waals surface area contributed by atoms with E-state index in [-0.39, 0.29) is 0 Å². The lowest BCUT2D eigenvalue weighted by Crippen LogP contribution is -2.58. The van der Waals surface area contributed by atoms with Gasteiger partial charge < -0.3 is 23.7 Å². The second-order valence-electron chi connectivity index (χ2n) is 6.13. The lowest BCUT2D eigenvalue weighted by atomic mass is 10.00. The van der Waals surface area contributed by atoms with Crippen LogP contribution in [0.2, 0.25) is 0 Å². The Bertz CT molecular complexity index is 709. The summed E-state index contributed by atoms with van der Waals surface area (Å²) in [5.41, 5.74) is -0.541. The Morgan fingerprint density at radius 2 is 1.37 bits per heavy atom. The predicted octanol–water partition coefficient (Wildman–Crippen LogP) is 1.65. The number of benzene rings is 1. The average Bonchev–Trinajstić information content (AvgIpc) is 2.95. The van der Waals surface area contributed by atoms with Gasteiger partial charge in [-0.05, 0) is 12.1 Å². The quantitative estimate of drug-likeness (QED) is 0.543. The van der Waals surface area contributed by atoms with Crippen LogP contribution in [0.3, 0.4) is 0 Å². The molecule has 0 radical (unpaired) electrons. The third-order valence-corrected chi connectivity index (χ3v) is 5.12. The number of fused-ring (bicyclic) bond motifs is 2. The highest BCUT2D eigenvalue weighted by atomic mass is 32.2. The van der Waals surface area contributed by atoms with Gasteiger partial charge in [-0.1, -0.05) is 30.0 Å². The van der Waals surface area contributed by atoms with Crippen molar-refractivity contribution in [3.05, 3.63) is 30.3 Å². The normalized spacial score (nSPS) is 31.8. The summed E-state index contributed by atoms with van der Waals surface area (Å²) in [6.07, 6.45) is -4.68. The molecule has 6 atom stereocenters. The van der Waals surface area contributed by atoms with Crippen LogP contribution in [-0.2, 0) is 38.1 Å². The zero-order valence-corrected chi connectivity index (χ0v) is 15.8. The molecule has 1 aromatic rings. The topological polar surface area (TPSA) is 97.4 Å². The van der Waals surface area contributed by atoms with Crippen molar-refractivity contribution in [1.29, 1.82) is 0 Å². The summed E-state index contributed by atoms with van der Waals surface area (Å²) in [6, 6.07) is 9.48. The van der Waals surface area contributed by atoms with Crippen molar-refractivity contribution in [3.8, 4) is 0 Å². The molecule has 146 valence electrons. The molecule has 3 rings (SSSR count). The molecule has 2 aliphatic rings. The summed E-state index contributed by atoms with van der Waals surface area (Å²) < 4.78 is 27.7. The highest BCUT2D eigenvalue weighted by Gasteiger charge is 2.60. The van der Waals surface area contributed by atoms with Crippen LogP contribution in [0.4, 0.5) is 0 Å². The van der Waals surface area contributed by atoms with Crippen LogP contribution in [0.1, 0.15) is 20.8 Å². The van der Waals surface area contributed by atoms with E-state index in [9.17, 15) is 14.4 Å². The van der Waals surface area contributed by atoms with Crippen LogP contribution < -0.4 is 0 Å². The number of thioether (sulfide) groups is 1. The van der Waals surface area contributed by atoms with Crippen molar-refractivity contribution in [2.24, 2.45) is 0 Å². The third-order valence-electron chi connectivity index (χ3n) is 3.97. The number of hydrogen-bond acceptors (Lipinski definition) is 9. The number of esters is 3. The second-order valence-corrected chi connectivity index (χ2v) is 7.30. The Morgan fingerprint density at radius 1 is 0.815 bits per heavy atom. The van der Waals surface area contributed by atoms with Crippen LogP contribution >= 0.6 is 11.8 Å². The first-order valence-electron chi connectivity index (χ1n) is 8.39. The second kappa shape index (κ2) is 8.28. The standard InChI is InChI=1S/C18H20O8S/c1-9(19)22-13-14(23-10(2)20)16-18(27-12-7-5-4-6-8-12)26-17(25-16)15(13)24-11(3)21/h4-8,13-18H,1-3H3/t13-,14-,15+,16-,17-,18-/m0/s1. The maximum absolute atomic E-state index is 11.6. The number of carbonyl (C=O) groups excluding carboxylic acids is 3. The van der Waals surface area contributed by atoms with Crippen LogP contribution in [0.15, 0.2) is 35.2 Å². The molecule has 27 heavy (non-hydrogen) atoms. The molecular formula is C18H20O8S. The zero-order chi connectivity index (χ0) is 19.6. The number of hydrogen-bond donors (Lipinski definition) is 0. The van der Waals surface area contributed by atoms with Gasteiger partial charge in [-0.15, -0.1) is 0 Å². The van der Waals surface area contributed by atoms with Crippen LogP contribution in [0.25, 0.3) is 0 Å². The van der Waals surface area contributed by atoms with Crippen molar-refractivity contribution < 1.29 is 38.1 Å². The molecule has 2 bridgehead atoms. The van der Waals surface area contributed by atoms with Crippen molar-refractivity contribution in [1.82, 2.24) is 0 Å². The first kappa shape index (κ1) is 19.7. The minimum Gasteiger partial charge on any atom is -0.455 e. The van der Waals surface area contributed by atoms with Crippen molar-refractivity contribution in [2.75, 3.05) is 0 Å². The molecule has 0 amide bonds. The zero-order valence-electron chi connectivity index (χ0n) is 15.0. The van der Waals surface area contributed by atoms with E-state index in [1.54, 1.807) is 0 Å². The maximum atomic E-state index is 11.6. The van der Waals surface area contributed by atoms with E-state index in [0.29, 0.717) is 0 Å². The molecule has 1 aromatic carbocycles. The van der Waals surface area contributed by atoms with Gasteiger partial charge in [0, 0.05) is 25.7 Å². The van der Waals surface area contributed by atoms with Gasteiger partial charge in [0.2, 0.25) is 6.29 Å². The Labute approximate surface area is 160 Å². The number of carbonyl (C=O) groups is 3. The molecule has 0 aliphatic carbocycles. The lowest BCUT2D eigenvalue weighted by molar-refractivity contribution is -0.250. The molecule has 9 heteroatoms. The lowest BCUT2D eigenvalue weighted by Gasteiger charge is -2.38. The summed E-state index contributed by atoms with van der Waals surface area (Å²) in [4.78, 5) is 35.7. The van der Waals surface area contributed by atoms with Gasteiger partial charge in [0.25, 0.3) is 0 Å². The molecule has 2 heterocycles. The van der Waals surface area contributed by atoms with Crippen molar-refractivity contribution in [2.45, 2.75) is 61.8 Å². The highest BCUT2D eigenvalue weighted by molar-refractivity contribution is 7.99. The Kier molecular flexibility index (Phi) is 6.03. The molecule has 0 N–H and O–H groups in total. The summed E-state index contributed by atoms with van der Waals surface area (Å²) in [6.45, 7) is 3.69. The summed E-state index contributed by atoms with van der Waals surface area (Å²) >= 11 is 1.38. The fourth-order valence-corrected chi connectivity index (χ4v) is 4.17. The maximum Gasteiger partial charge on any atom is 0.303 e. The van der Waals surface area contributed by atoms with E-state index in [2.05, 4.69) is 0 Å². The average molecular weight is 396 g/mol. The molecule has 0 saturated carbocycles. The van der Waals surface area contributed by atoms with Crippen LogP contribution in [0.5, 0.6) is 0 Å². The first-order chi connectivity index (χ1) is 12.8. The summed E-state index contributed by atoms with van der Waals surface area (Å²) in [5, 5.41) is 0. The first-order valence-corrected chi connectivity index (χ1v) is 9.27. The van der Waals surface area contributed by atoms with Gasteiger partial charge in [-0.25, -0.2) is 0 Å². The smallest absolute Gasteiger partial charge is 0.303 e. The molecule has 0 spiro atoms. The van der Waals surface area contributed by atoms with E-state index in [1.807, 2.05) is 30.3 Å². The molecule has 2 fully saturated rings. The van der Waals surface area contributed by atoms with Gasteiger partial charge in [-0.2, -0.15) is 0 Å². The van der Waals surface area contributed by atoms with E-state index in [1.165, 1.54) is 32.5 Å². The minimum atomic E-state index is -1.05. The SMILES string of the molecule is CC(=O)O[C@H]1[C@H](OC(C)=O)[C@@H]2O[C@@H](O[C@H]2Sc2ccccc2)[C@@H]1OC(C)=O. The largest absolute Gasteiger partial charge is 0.455 e. The Balaban J connectivity index is 1.90. The molecule has 2 aliphatic heterocycles. The molecule has 0 unspecified atom stereocenters. The van der Waals surface area contributed by atoms with Crippen LogP contribution in [0, 0.1) is 0 Å². The molecule has 0 aromatic heterocycles. The predicted molar refractivity (Wildman–Crippen MR) is 92.5 cm³/mol. The van der Waals surface area contributed by atoms with E-state index in [0.717, 1.165) is 4.90 Å². The fourth-order valence-electron chi connectivity index (χ4n) is 3.07.